The predicted molar refractivity (Wildman–Crippen MR) is 59.7 cm³/mol. The highest BCUT2D eigenvalue weighted by atomic mass is 16.4. The molecule has 0 aromatic heterocycles. The van der Waals surface area contributed by atoms with Gasteiger partial charge in [0.1, 0.15) is 6.04 Å². The second-order valence-corrected chi connectivity index (χ2v) is 5.30. The molecule has 4 heteroatoms. The van der Waals surface area contributed by atoms with Crippen LogP contribution in [0.4, 0.5) is 0 Å². The monoisotopic (exact) mass is 214 g/mol. The minimum atomic E-state index is -0.910. The van der Waals surface area contributed by atoms with Gasteiger partial charge in [0.05, 0.1) is 0 Å². The summed E-state index contributed by atoms with van der Waals surface area (Å²) in [6.07, 6.45) is 2.23. The molecule has 1 aliphatic rings. The van der Waals surface area contributed by atoms with Gasteiger partial charge in [0.25, 0.3) is 0 Å². The molecule has 2 atom stereocenters. The minimum Gasteiger partial charge on any atom is -0.480 e. The van der Waals surface area contributed by atoms with Gasteiger partial charge in [0.2, 0.25) is 0 Å². The number of nitrogens with two attached hydrogens (primary N) is 1. The van der Waals surface area contributed by atoms with E-state index >= 15 is 0 Å². The minimum absolute atomic E-state index is 0.0707. The van der Waals surface area contributed by atoms with Crippen LogP contribution in [0.2, 0.25) is 0 Å². The highest BCUT2D eigenvalue weighted by molar-refractivity contribution is 5.74. The van der Waals surface area contributed by atoms with Gasteiger partial charge in [0, 0.05) is 6.04 Å². The molecule has 88 valence electrons. The molecule has 0 aromatic carbocycles. The Morgan fingerprint density at radius 2 is 1.87 bits per heavy atom. The first kappa shape index (κ1) is 12.5. The number of aliphatic carboxylic acids is 1. The Balaban J connectivity index is 2.49. The van der Waals surface area contributed by atoms with Gasteiger partial charge in [-0.05, 0) is 38.3 Å². The van der Waals surface area contributed by atoms with E-state index < -0.39 is 12.0 Å². The van der Waals surface area contributed by atoms with Gasteiger partial charge < -0.3 is 10.8 Å². The summed E-state index contributed by atoms with van der Waals surface area (Å²) < 4.78 is 0. The summed E-state index contributed by atoms with van der Waals surface area (Å²) in [5, 5.41) is 8.83. The molecule has 0 aliphatic carbocycles. The number of carbonyl (C=O) groups is 1. The lowest BCUT2D eigenvalue weighted by atomic mass is 9.82. The van der Waals surface area contributed by atoms with Gasteiger partial charge in [-0.1, -0.05) is 13.8 Å². The highest BCUT2D eigenvalue weighted by Gasteiger charge is 2.31. The third-order valence-corrected chi connectivity index (χ3v) is 3.53. The summed E-state index contributed by atoms with van der Waals surface area (Å²) in [6, 6.07) is -0.843. The van der Waals surface area contributed by atoms with Crippen LogP contribution in [0.3, 0.4) is 0 Å². The van der Waals surface area contributed by atoms with Crippen molar-refractivity contribution in [2.75, 3.05) is 13.1 Å². The molecule has 1 heterocycles. The van der Waals surface area contributed by atoms with Crippen LogP contribution in [0, 0.1) is 5.41 Å². The van der Waals surface area contributed by atoms with Crippen molar-refractivity contribution in [2.24, 2.45) is 11.1 Å². The lowest BCUT2D eigenvalue weighted by Crippen LogP contribution is -2.53. The molecule has 1 saturated heterocycles. The lowest BCUT2D eigenvalue weighted by molar-refractivity contribution is -0.140. The molecule has 0 spiro atoms. The Morgan fingerprint density at radius 3 is 2.27 bits per heavy atom. The van der Waals surface area contributed by atoms with Crippen LogP contribution in [0.1, 0.15) is 33.6 Å². The lowest BCUT2D eigenvalue weighted by Gasteiger charge is -2.40. The van der Waals surface area contributed by atoms with Crippen LogP contribution in [0.5, 0.6) is 0 Å². The van der Waals surface area contributed by atoms with Crippen molar-refractivity contribution in [3.63, 3.8) is 0 Å². The Bertz CT molecular complexity index is 231. The van der Waals surface area contributed by atoms with Crippen LogP contribution >= 0.6 is 0 Å². The zero-order valence-electron chi connectivity index (χ0n) is 9.86. The fraction of sp³-hybridized carbons (Fsp3) is 0.909. The zero-order chi connectivity index (χ0) is 11.6. The quantitative estimate of drug-likeness (QED) is 0.733. The Hall–Kier alpha value is -0.610. The molecule has 4 nitrogen and oxygen atoms in total. The van der Waals surface area contributed by atoms with Gasteiger partial charge in [-0.25, -0.2) is 0 Å². The fourth-order valence-electron chi connectivity index (χ4n) is 1.97. The summed E-state index contributed by atoms with van der Waals surface area (Å²) in [7, 11) is 0. The van der Waals surface area contributed by atoms with Crippen LogP contribution < -0.4 is 5.73 Å². The summed E-state index contributed by atoms with van der Waals surface area (Å²) in [5.41, 5.74) is 6.01. The topological polar surface area (TPSA) is 66.6 Å². The SMILES string of the molecule is CC(C(N)C(=O)O)N1CCC(C)(C)CC1. The molecule has 1 rings (SSSR count). The van der Waals surface area contributed by atoms with Gasteiger partial charge in [-0.3, -0.25) is 9.69 Å². The molecule has 0 aromatic rings. The van der Waals surface area contributed by atoms with Crippen molar-refractivity contribution >= 4 is 5.97 Å². The number of carboxylic acid groups (broad SMARTS) is 1. The van der Waals surface area contributed by atoms with Crippen molar-refractivity contribution in [3.8, 4) is 0 Å². The van der Waals surface area contributed by atoms with Crippen molar-refractivity contribution in [3.05, 3.63) is 0 Å². The molecule has 15 heavy (non-hydrogen) atoms. The van der Waals surface area contributed by atoms with Gasteiger partial charge in [-0.15, -0.1) is 0 Å². The first-order valence-electron chi connectivity index (χ1n) is 5.56. The van der Waals surface area contributed by atoms with E-state index in [1.165, 1.54) is 0 Å². The molecular formula is C11H22N2O2. The van der Waals surface area contributed by atoms with E-state index in [0.29, 0.717) is 5.41 Å². The Kier molecular flexibility index (Phi) is 3.73. The van der Waals surface area contributed by atoms with Gasteiger partial charge in [-0.2, -0.15) is 0 Å². The van der Waals surface area contributed by atoms with Crippen molar-refractivity contribution in [1.29, 1.82) is 0 Å². The van der Waals surface area contributed by atoms with Gasteiger partial charge in [0.15, 0.2) is 0 Å². The third kappa shape index (κ3) is 3.18. The molecule has 0 radical (unpaired) electrons. The Labute approximate surface area is 91.4 Å². The summed E-state index contributed by atoms with van der Waals surface area (Å²) in [5.74, 6) is -0.910. The maximum absolute atomic E-state index is 10.8. The van der Waals surface area contributed by atoms with E-state index in [0.717, 1.165) is 25.9 Å². The number of hydrogen-bond acceptors (Lipinski definition) is 3. The maximum atomic E-state index is 10.8. The predicted octanol–water partition coefficient (Wildman–Crippen LogP) is 0.909. The second kappa shape index (κ2) is 4.49. The number of hydrogen-bond donors (Lipinski definition) is 2. The van der Waals surface area contributed by atoms with E-state index in [4.69, 9.17) is 10.8 Å². The first-order valence-corrected chi connectivity index (χ1v) is 5.56. The maximum Gasteiger partial charge on any atom is 0.322 e. The van der Waals surface area contributed by atoms with Crippen molar-refractivity contribution < 1.29 is 9.90 Å². The second-order valence-electron chi connectivity index (χ2n) is 5.30. The van der Waals surface area contributed by atoms with E-state index in [1.54, 1.807) is 0 Å². The van der Waals surface area contributed by atoms with Gasteiger partial charge >= 0.3 is 5.97 Å². The summed E-state index contributed by atoms with van der Waals surface area (Å²) in [6.45, 7) is 8.32. The molecule has 0 saturated carbocycles. The van der Waals surface area contributed by atoms with E-state index in [9.17, 15) is 4.79 Å². The first-order chi connectivity index (χ1) is 6.83. The molecule has 1 fully saturated rings. The molecule has 3 N–H and O–H groups in total. The smallest absolute Gasteiger partial charge is 0.322 e. The van der Waals surface area contributed by atoms with E-state index in [-0.39, 0.29) is 6.04 Å². The van der Waals surface area contributed by atoms with Crippen molar-refractivity contribution in [1.82, 2.24) is 4.90 Å². The third-order valence-electron chi connectivity index (χ3n) is 3.53. The average molecular weight is 214 g/mol. The molecule has 0 amide bonds. The largest absolute Gasteiger partial charge is 0.480 e. The zero-order valence-corrected chi connectivity index (χ0v) is 9.86. The fourth-order valence-corrected chi connectivity index (χ4v) is 1.97. The highest BCUT2D eigenvalue weighted by Crippen LogP contribution is 2.30. The number of likely N-dealkylation sites (tertiary alicyclic amines) is 1. The van der Waals surface area contributed by atoms with Crippen LogP contribution in [0.25, 0.3) is 0 Å². The molecular weight excluding hydrogens is 192 g/mol. The standard InChI is InChI=1S/C11H22N2O2/c1-8(9(12)10(14)15)13-6-4-11(2,3)5-7-13/h8-9H,4-7,12H2,1-3H3,(H,14,15). The number of piperidine rings is 1. The molecule has 1 aliphatic heterocycles. The number of nitrogens with zero attached hydrogens (tertiary/aromatic N) is 1. The summed E-state index contributed by atoms with van der Waals surface area (Å²) in [4.78, 5) is 12.9. The van der Waals surface area contributed by atoms with Crippen LogP contribution in [-0.2, 0) is 4.79 Å². The number of rotatable bonds is 3. The number of carboxylic acids is 1. The molecule has 2 unspecified atom stereocenters. The van der Waals surface area contributed by atoms with Crippen LogP contribution in [-0.4, -0.2) is 41.1 Å². The van der Waals surface area contributed by atoms with E-state index in [2.05, 4.69) is 18.7 Å². The molecule has 0 bridgehead atoms. The van der Waals surface area contributed by atoms with E-state index in [1.807, 2.05) is 6.92 Å². The van der Waals surface area contributed by atoms with Crippen LogP contribution in [0.15, 0.2) is 0 Å². The van der Waals surface area contributed by atoms with Crippen molar-refractivity contribution in [2.45, 2.75) is 45.7 Å². The average Bonchev–Trinajstić information content (AvgIpc) is 2.15. The normalized spacial score (nSPS) is 25.9. The summed E-state index contributed by atoms with van der Waals surface area (Å²) >= 11 is 0. The Morgan fingerprint density at radius 1 is 1.40 bits per heavy atom.